The molecule has 0 aromatic carbocycles. The first-order valence-corrected chi connectivity index (χ1v) is 7.25. The molecular formula is C12H6BrF6IN2. The Kier molecular flexibility index (Phi) is 6.59. The quantitative estimate of drug-likeness (QED) is 0.270. The maximum Gasteiger partial charge on any atom is 0.416 e. The molecule has 0 radical (unpaired) electrons. The van der Waals surface area contributed by atoms with Crippen LogP contribution in [0.2, 0.25) is 0 Å². The first-order valence-electron chi connectivity index (χ1n) is 5.37. The van der Waals surface area contributed by atoms with Gasteiger partial charge in [-0.1, -0.05) is 0 Å². The second-order valence-corrected chi connectivity index (χ2v) is 5.65. The van der Waals surface area contributed by atoms with Crippen LogP contribution in [0.1, 0.15) is 11.1 Å². The van der Waals surface area contributed by atoms with E-state index in [1.807, 2.05) is 0 Å². The van der Waals surface area contributed by atoms with Gasteiger partial charge in [-0.25, -0.2) is 4.98 Å². The Hall–Kier alpha value is -0.910. The molecule has 22 heavy (non-hydrogen) atoms. The predicted molar refractivity (Wildman–Crippen MR) is 78.9 cm³/mol. The fourth-order valence-corrected chi connectivity index (χ4v) is 2.02. The van der Waals surface area contributed by atoms with Crippen LogP contribution in [0.3, 0.4) is 0 Å². The van der Waals surface area contributed by atoms with Gasteiger partial charge in [-0.05, 0) is 62.8 Å². The number of nitrogens with zero attached hydrogens (tertiary/aromatic N) is 2. The lowest BCUT2D eigenvalue weighted by atomic mass is 10.3. The molecule has 2 rings (SSSR count). The minimum Gasteiger partial charge on any atom is -0.250 e. The largest absolute Gasteiger partial charge is 0.416 e. The fourth-order valence-electron chi connectivity index (χ4n) is 1.16. The zero-order valence-corrected chi connectivity index (χ0v) is 14.1. The van der Waals surface area contributed by atoms with E-state index >= 15 is 0 Å². The van der Waals surface area contributed by atoms with E-state index in [9.17, 15) is 26.3 Å². The number of halogens is 8. The van der Waals surface area contributed by atoms with Gasteiger partial charge in [-0.15, -0.1) is 0 Å². The molecule has 0 atom stereocenters. The van der Waals surface area contributed by atoms with Gasteiger partial charge in [0.2, 0.25) is 0 Å². The lowest BCUT2D eigenvalue weighted by Crippen LogP contribution is -2.05. The molecule has 10 heteroatoms. The Bertz CT molecular complexity index is 574. The minimum absolute atomic E-state index is 0.187. The highest BCUT2D eigenvalue weighted by atomic mass is 127. The summed E-state index contributed by atoms with van der Waals surface area (Å²) < 4.78 is 72.1. The topological polar surface area (TPSA) is 25.8 Å². The van der Waals surface area contributed by atoms with Gasteiger partial charge >= 0.3 is 12.4 Å². The molecule has 0 aliphatic heterocycles. The highest BCUT2D eigenvalue weighted by Gasteiger charge is 2.31. The average Bonchev–Trinajstić information content (AvgIpc) is 2.37. The van der Waals surface area contributed by atoms with Crippen molar-refractivity contribution in [3.05, 3.63) is 56.1 Å². The number of hydrogen-bond acceptors (Lipinski definition) is 2. The molecule has 0 saturated heterocycles. The first-order chi connectivity index (χ1) is 10.00. The number of hydrogen-bond donors (Lipinski definition) is 0. The second-order valence-electron chi connectivity index (χ2n) is 3.73. The molecule has 0 bridgehead atoms. The number of pyridine rings is 2. The van der Waals surface area contributed by atoms with E-state index in [1.54, 1.807) is 22.6 Å². The third-order valence-corrected chi connectivity index (χ3v) is 3.13. The molecule has 2 nitrogen and oxygen atoms in total. The third-order valence-electron chi connectivity index (χ3n) is 2.11. The molecule has 120 valence electrons. The summed E-state index contributed by atoms with van der Waals surface area (Å²) in [5.41, 5.74) is -1.35. The van der Waals surface area contributed by atoms with Crippen molar-refractivity contribution in [3.8, 4) is 0 Å². The molecule has 0 fully saturated rings. The van der Waals surface area contributed by atoms with Gasteiger partial charge in [0.05, 0.1) is 11.1 Å². The first kappa shape index (κ1) is 19.1. The van der Waals surface area contributed by atoms with Gasteiger partial charge in [0.25, 0.3) is 0 Å². The number of rotatable bonds is 0. The van der Waals surface area contributed by atoms with E-state index in [0.29, 0.717) is 3.70 Å². The van der Waals surface area contributed by atoms with Crippen LogP contribution in [0, 0.1) is 3.70 Å². The summed E-state index contributed by atoms with van der Waals surface area (Å²) in [6, 6.07) is 3.80. The summed E-state index contributed by atoms with van der Waals surface area (Å²) in [6.07, 6.45) is -6.30. The van der Waals surface area contributed by atoms with Crippen LogP contribution in [0.15, 0.2) is 41.3 Å². The van der Waals surface area contributed by atoms with Crippen LogP contribution in [0.4, 0.5) is 26.3 Å². The van der Waals surface area contributed by atoms with Crippen molar-refractivity contribution in [2.45, 2.75) is 12.4 Å². The number of alkyl halides is 6. The molecule has 2 aromatic rings. The average molecular weight is 499 g/mol. The fraction of sp³-hybridized carbons (Fsp3) is 0.167. The number of aromatic nitrogens is 2. The van der Waals surface area contributed by atoms with Crippen molar-refractivity contribution in [3.63, 3.8) is 0 Å². The minimum atomic E-state index is -4.29. The molecule has 0 saturated carbocycles. The lowest BCUT2D eigenvalue weighted by Gasteiger charge is -2.04. The molecule has 0 spiro atoms. The third kappa shape index (κ3) is 6.46. The molecule has 0 N–H and O–H groups in total. The van der Waals surface area contributed by atoms with Gasteiger partial charge < -0.3 is 0 Å². The summed E-state index contributed by atoms with van der Waals surface area (Å²) in [6.45, 7) is 0. The van der Waals surface area contributed by atoms with Crippen LogP contribution in [0.5, 0.6) is 0 Å². The van der Waals surface area contributed by atoms with Crippen LogP contribution < -0.4 is 0 Å². The van der Waals surface area contributed by atoms with Gasteiger partial charge in [0.15, 0.2) is 0 Å². The van der Waals surface area contributed by atoms with Crippen molar-refractivity contribution in [2.24, 2.45) is 0 Å². The highest BCUT2D eigenvalue weighted by molar-refractivity contribution is 14.1. The second kappa shape index (κ2) is 7.57. The maximum atomic E-state index is 11.9. The molecule has 0 aliphatic rings. The van der Waals surface area contributed by atoms with E-state index in [1.165, 1.54) is 0 Å². The van der Waals surface area contributed by atoms with Crippen molar-refractivity contribution < 1.29 is 26.3 Å². The van der Waals surface area contributed by atoms with E-state index in [0.717, 1.165) is 36.7 Å². The SMILES string of the molecule is FC(F)(F)c1ccnc(Br)c1.FC(F)(F)c1ccnc(I)c1. The van der Waals surface area contributed by atoms with E-state index in [2.05, 4.69) is 25.9 Å². The van der Waals surface area contributed by atoms with Crippen LogP contribution in [0.25, 0.3) is 0 Å². The lowest BCUT2D eigenvalue weighted by molar-refractivity contribution is -0.138. The molecule has 2 aromatic heterocycles. The normalized spacial score (nSPS) is 11.6. The molecule has 2 heterocycles. The Morgan fingerprint density at radius 2 is 1.27 bits per heavy atom. The Balaban J connectivity index is 0.000000220. The Labute approximate surface area is 143 Å². The monoisotopic (exact) mass is 498 g/mol. The Morgan fingerprint density at radius 3 is 1.59 bits per heavy atom. The van der Waals surface area contributed by atoms with Crippen molar-refractivity contribution in [1.29, 1.82) is 0 Å². The summed E-state index contributed by atoms with van der Waals surface area (Å²) in [5.74, 6) is 0. The highest BCUT2D eigenvalue weighted by Crippen LogP contribution is 2.30. The summed E-state index contributed by atoms with van der Waals surface area (Å²) in [7, 11) is 0. The zero-order valence-electron chi connectivity index (χ0n) is 10.4. The van der Waals surface area contributed by atoms with Gasteiger partial charge in [-0.2, -0.15) is 26.3 Å². The van der Waals surface area contributed by atoms with E-state index in [4.69, 9.17) is 0 Å². The zero-order chi connectivity index (χ0) is 17.0. The molecule has 0 unspecified atom stereocenters. The molecule has 0 amide bonds. The van der Waals surface area contributed by atoms with Crippen LogP contribution in [-0.2, 0) is 12.4 Å². The van der Waals surface area contributed by atoms with Gasteiger partial charge in [0.1, 0.15) is 8.30 Å². The Morgan fingerprint density at radius 1 is 0.818 bits per heavy atom. The smallest absolute Gasteiger partial charge is 0.250 e. The molecule has 0 aliphatic carbocycles. The van der Waals surface area contributed by atoms with E-state index in [-0.39, 0.29) is 4.60 Å². The predicted octanol–water partition coefficient (Wildman–Crippen LogP) is 5.57. The van der Waals surface area contributed by atoms with Crippen molar-refractivity contribution in [1.82, 2.24) is 9.97 Å². The van der Waals surface area contributed by atoms with Crippen LogP contribution >= 0.6 is 38.5 Å². The summed E-state index contributed by atoms with van der Waals surface area (Å²) in [4.78, 5) is 7.21. The standard InChI is InChI=1S/C6H3BrF3N.C6H3F3IN/c7-5-3-4(1-2-11-5)6(8,9)10;7-6(8,9)4-1-2-11-5(10)3-4/h2*1-3H. The van der Waals surface area contributed by atoms with Crippen molar-refractivity contribution in [2.75, 3.05) is 0 Å². The summed E-state index contributed by atoms with van der Waals surface area (Å²) in [5, 5.41) is 0. The molecular weight excluding hydrogens is 493 g/mol. The van der Waals surface area contributed by atoms with Crippen molar-refractivity contribution >= 4 is 38.5 Å². The van der Waals surface area contributed by atoms with Gasteiger partial charge in [0, 0.05) is 12.4 Å². The summed E-state index contributed by atoms with van der Waals surface area (Å²) >= 11 is 4.58. The van der Waals surface area contributed by atoms with E-state index < -0.39 is 23.5 Å². The van der Waals surface area contributed by atoms with Crippen LogP contribution in [-0.4, -0.2) is 9.97 Å². The maximum absolute atomic E-state index is 11.9. The van der Waals surface area contributed by atoms with Gasteiger partial charge in [-0.3, -0.25) is 4.98 Å².